The molecule has 2 atom stereocenters. The lowest BCUT2D eigenvalue weighted by Gasteiger charge is -2.33. The van der Waals surface area contributed by atoms with Gasteiger partial charge in [0.15, 0.2) is 0 Å². The molecule has 0 aromatic carbocycles. The van der Waals surface area contributed by atoms with Gasteiger partial charge in [-0.05, 0) is 12.8 Å². The smallest absolute Gasteiger partial charge is 0.0792 e. The third kappa shape index (κ3) is 1.15. The zero-order valence-electron chi connectivity index (χ0n) is 8.12. The first-order chi connectivity index (χ1) is 6.23. The topological polar surface area (TPSA) is 32.7 Å². The fourth-order valence-electron chi connectivity index (χ4n) is 2.78. The van der Waals surface area contributed by atoms with Gasteiger partial charge >= 0.3 is 0 Å². The molecule has 0 bridgehead atoms. The molecule has 74 valence electrons. The summed E-state index contributed by atoms with van der Waals surface area (Å²) in [6.07, 6.45) is 2.10. The molecule has 0 unspecified atom stereocenters. The Labute approximate surface area is 79.0 Å². The number of nitrogens with zero attached hydrogens (tertiary/aromatic N) is 1. The molecular weight excluding hydrogens is 166 g/mol. The Hall–Kier alpha value is -0.380. The lowest BCUT2D eigenvalue weighted by atomic mass is 9.91. The maximum absolute atomic E-state index is 9.48. The summed E-state index contributed by atoms with van der Waals surface area (Å²) in [7, 11) is 1.73. The van der Waals surface area contributed by atoms with Gasteiger partial charge in [-0.1, -0.05) is 12.2 Å². The summed E-state index contributed by atoms with van der Waals surface area (Å²) in [5.74, 6) is 0. The number of hydrogen-bond acceptors (Lipinski definition) is 3. The molecule has 0 spiro atoms. The third-order valence-electron chi connectivity index (χ3n) is 3.42. The van der Waals surface area contributed by atoms with Gasteiger partial charge < -0.3 is 9.84 Å². The van der Waals surface area contributed by atoms with Crippen LogP contribution >= 0.6 is 0 Å². The summed E-state index contributed by atoms with van der Waals surface area (Å²) in [6.45, 7) is 6.13. The number of fused-ring (bicyclic) bond motifs is 1. The molecule has 2 rings (SSSR count). The number of aliphatic hydroxyl groups is 1. The number of hydrogen-bond donors (Lipinski definition) is 1. The number of ether oxygens (including phenoxy) is 1. The van der Waals surface area contributed by atoms with Gasteiger partial charge in [-0.25, -0.2) is 0 Å². The third-order valence-corrected chi connectivity index (χ3v) is 3.42. The lowest BCUT2D eigenvalue weighted by Crippen LogP contribution is -2.49. The van der Waals surface area contributed by atoms with Crippen LogP contribution in [0.5, 0.6) is 0 Å². The molecule has 2 aliphatic heterocycles. The lowest BCUT2D eigenvalue weighted by molar-refractivity contribution is -0.0163. The molecule has 0 aromatic rings. The first kappa shape index (κ1) is 9.19. The highest BCUT2D eigenvalue weighted by molar-refractivity contribution is 5.20. The van der Waals surface area contributed by atoms with Gasteiger partial charge in [0.25, 0.3) is 0 Å². The molecule has 2 fully saturated rings. The van der Waals surface area contributed by atoms with Crippen LogP contribution in [0.25, 0.3) is 0 Å². The minimum atomic E-state index is -0.147. The van der Waals surface area contributed by atoms with Crippen LogP contribution in [-0.4, -0.2) is 48.5 Å². The predicted octanol–water partition coefficient (Wildman–Crippen LogP) is 0.398. The predicted molar refractivity (Wildman–Crippen MR) is 50.6 cm³/mol. The van der Waals surface area contributed by atoms with Crippen molar-refractivity contribution in [3.8, 4) is 0 Å². The Morgan fingerprint density at radius 3 is 3.15 bits per heavy atom. The van der Waals surface area contributed by atoms with Crippen LogP contribution in [0.3, 0.4) is 0 Å². The summed E-state index contributed by atoms with van der Waals surface area (Å²) < 4.78 is 5.42. The van der Waals surface area contributed by atoms with Crippen LogP contribution in [0.1, 0.15) is 12.8 Å². The Balaban J connectivity index is 2.25. The van der Waals surface area contributed by atoms with Crippen LogP contribution in [0.15, 0.2) is 12.2 Å². The van der Waals surface area contributed by atoms with Crippen LogP contribution < -0.4 is 0 Å². The van der Waals surface area contributed by atoms with Gasteiger partial charge in [0.05, 0.1) is 18.2 Å². The minimum Gasteiger partial charge on any atom is -0.394 e. The summed E-state index contributed by atoms with van der Waals surface area (Å²) in [4.78, 5) is 2.31. The highest BCUT2D eigenvalue weighted by Gasteiger charge is 2.52. The van der Waals surface area contributed by atoms with Crippen LogP contribution in [-0.2, 0) is 4.74 Å². The van der Waals surface area contributed by atoms with Crippen molar-refractivity contribution in [2.24, 2.45) is 0 Å². The van der Waals surface area contributed by atoms with E-state index in [4.69, 9.17) is 4.74 Å². The molecule has 0 aliphatic carbocycles. The van der Waals surface area contributed by atoms with Gasteiger partial charge in [0, 0.05) is 20.2 Å². The van der Waals surface area contributed by atoms with E-state index < -0.39 is 0 Å². The van der Waals surface area contributed by atoms with Crippen molar-refractivity contribution >= 4 is 0 Å². The van der Waals surface area contributed by atoms with E-state index in [9.17, 15) is 5.11 Å². The first-order valence-corrected chi connectivity index (χ1v) is 4.78. The number of aliphatic hydroxyl groups excluding tert-OH is 1. The standard InChI is InChI=1S/C10H17NO2/c1-8-5-10(7-12)9(13-2)3-4-11(10)6-8/h9,12H,1,3-7H2,2H3/t9-,10-/m0/s1. The van der Waals surface area contributed by atoms with E-state index in [1.807, 2.05) is 0 Å². The van der Waals surface area contributed by atoms with Crippen molar-refractivity contribution in [3.05, 3.63) is 12.2 Å². The van der Waals surface area contributed by atoms with E-state index in [-0.39, 0.29) is 18.2 Å². The molecular formula is C10H17NO2. The number of methoxy groups -OCH3 is 1. The van der Waals surface area contributed by atoms with Crippen molar-refractivity contribution in [1.29, 1.82) is 0 Å². The molecule has 0 amide bonds. The highest BCUT2D eigenvalue weighted by atomic mass is 16.5. The second kappa shape index (κ2) is 3.08. The zero-order valence-corrected chi connectivity index (χ0v) is 8.12. The van der Waals surface area contributed by atoms with E-state index in [0.717, 1.165) is 25.9 Å². The average Bonchev–Trinajstić information content (AvgIpc) is 2.58. The maximum atomic E-state index is 9.48. The van der Waals surface area contributed by atoms with Crippen LogP contribution in [0, 0.1) is 0 Å². The average molecular weight is 183 g/mol. The second-order valence-corrected chi connectivity index (χ2v) is 4.12. The molecule has 13 heavy (non-hydrogen) atoms. The summed E-state index contributed by atoms with van der Waals surface area (Å²) in [6, 6.07) is 0. The fourth-order valence-corrected chi connectivity index (χ4v) is 2.78. The molecule has 0 aromatic heterocycles. The molecule has 0 radical (unpaired) electrons. The quantitative estimate of drug-likeness (QED) is 0.629. The van der Waals surface area contributed by atoms with Gasteiger partial charge in [-0.15, -0.1) is 0 Å². The zero-order chi connectivity index (χ0) is 9.47. The highest BCUT2D eigenvalue weighted by Crippen LogP contribution is 2.41. The summed E-state index contributed by atoms with van der Waals surface area (Å²) in [5.41, 5.74) is 1.07. The van der Waals surface area contributed by atoms with E-state index in [0.29, 0.717) is 0 Å². The SMILES string of the molecule is C=C1CN2CC[C@H](OC)[C@@]2(CO)C1. The normalized spacial score (nSPS) is 39.8. The summed E-state index contributed by atoms with van der Waals surface area (Å²) >= 11 is 0. The largest absolute Gasteiger partial charge is 0.394 e. The number of rotatable bonds is 2. The Kier molecular flexibility index (Phi) is 2.18. The molecule has 2 saturated heterocycles. The van der Waals surface area contributed by atoms with Gasteiger partial charge in [-0.3, -0.25) is 4.90 Å². The monoisotopic (exact) mass is 183 g/mol. The van der Waals surface area contributed by atoms with Crippen molar-refractivity contribution in [2.75, 3.05) is 26.8 Å². The first-order valence-electron chi connectivity index (χ1n) is 4.78. The second-order valence-electron chi connectivity index (χ2n) is 4.12. The van der Waals surface area contributed by atoms with Crippen molar-refractivity contribution in [1.82, 2.24) is 4.90 Å². The Bertz CT molecular complexity index is 229. The molecule has 2 heterocycles. The van der Waals surface area contributed by atoms with Crippen molar-refractivity contribution in [3.63, 3.8) is 0 Å². The molecule has 3 nitrogen and oxygen atoms in total. The van der Waals surface area contributed by atoms with E-state index in [2.05, 4.69) is 11.5 Å². The van der Waals surface area contributed by atoms with Gasteiger partial charge in [0.2, 0.25) is 0 Å². The van der Waals surface area contributed by atoms with Crippen molar-refractivity contribution < 1.29 is 9.84 Å². The van der Waals surface area contributed by atoms with E-state index in [1.165, 1.54) is 5.57 Å². The van der Waals surface area contributed by atoms with Crippen LogP contribution in [0.4, 0.5) is 0 Å². The molecule has 1 N–H and O–H groups in total. The van der Waals surface area contributed by atoms with E-state index in [1.54, 1.807) is 7.11 Å². The fraction of sp³-hybridized carbons (Fsp3) is 0.800. The maximum Gasteiger partial charge on any atom is 0.0792 e. The Morgan fingerprint density at radius 2 is 2.54 bits per heavy atom. The van der Waals surface area contributed by atoms with Gasteiger partial charge in [0.1, 0.15) is 0 Å². The molecule has 2 aliphatic rings. The van der Waals surface area contributed by atoms with E-state index >= 15 is 0 Å². The molecule has 3 heteroatoms. The Morgan fingerprint density at radius 1 is 1.77 bits per heavy atom. The van der Waals surface area contributed by atoms with Crippen molar-refractivity contribution in [2.45, 2.75) is 24.5 Å². The van der Waals surface area contributed by atoms with Gasteiger partial charge in [-0.2, -0.15) is 0 Å². The minimum absolute atomic E-state index is 0.147. The molecule has 0 saturated carbocycles. The summed E-state index contributed by atoms with van der Waals surface area (Å²) in [5, 5.41) is 9.48. The van der Waals surface area contributed by atoms with Crippen LogP contribution in [0.2, 0.25) is 0 Å².